The molecule has 0 aliphatic heterocycles. The summed E-state index contributed by atoms with van der Waals surface area (Å²) in [5.41, 5.74) is 10.8. The van der Waals surface area contributed by atoms with Crippen molar-refractivity contribution in [1.29, 1.82) is 0 Å². The molecule has 0 saturated heterocycles. The SMILES string of the molecule is CC1=C(C)C(C)c2c(C)cc(P(C(C)C)C(C)C)c(C)c21. The zero-order chi connectivity index (χ0) is 16.1. The molecule has 2 rings (SSSR count). The maximum absolute atomic E-state index is 2.52. The fourth-order valence-corrected chi connectivity index (χ4v) is 7.27. The number of rotatable bonds is 3. The highest BCUT2D eigenvalue weighted by atomic mass is 31.1. The highest BCUT2D eigenvalue weighted by Gasteiger charge is 2.30. The van der Waals surface area contributed by atoms with E-state index in [1.165, 1.54) is 11.1 Å². The van der Waals surface area contributed by atoms with Crippen LogP contribution in [0.3, 0.4) is 0 Å². The van der Waals surface area contributed by atoms with Crippen LogP contribution >= 0.6 is 7.92 Å². The third kappa shape index (κ3) is 2.61. The van der Waals surface area contributed by atoms with Crippen LogP contribution < -0.4 is 5.30 Å². The topological polar surface area (TPSA) is 0 Å². The lowest BCUT2D eigenvalue weighted by atomic mass is 9.92. The summed E-state index contributed by atoms with van der Waals surface area (Å²) in [5.74, 6) is 0.595. The maximum atomic E-state index is 2.52. The molecule has 116 valence electrons. The lowest BCUT2D eigenvalue weighted by molar-refractivity contribution is 0.908. The van der Waals surface area contributed by atoms with Crippen molar-refractivity contribution in [3.63, 3.8) is 0 Å². The van der Waals surface area contributed by atoms with E-state index in [-0.39, 0.29) is 7.92 Å². The Bertz CT molecular complexity index is 582. The van der Waals surface area contributed by atoms with Crippen molar-refractivity contribution in [2.45, 2.75) is 79.5 Å². The minimum Gasteiger partial charge on any atom is -0.0697 e. The van der Waals surface area contributed by atoms with Gasteiger partial charge in [-0.25, -0.2) is 0 Å². The fraction of sp³-hybridized carbons (Fsp3) is 0.600. The van der Waals surface area contributed by atoms with Crippen LogP contribution in [0.25, 0.3) is 5.57 Å². The lowest BCUT2D eigenvalue weighted by Gasteiger charge is -2.30. The van der Waals surface area contributed by atoms with E-state index in [1.54, 1.807) is 27.6 Å². The van der Waals surface area contributed by atoms with Gasteiger partial charge in [0.2, 0.25) is 0 Å². The summed E-state index contributed by atoms with van der Waals surface area (Å²) in [6, 6.07) is 2.52. The second kappa shape index (κ2) is 5.88. The number of fused-ring (bicyclic) bond motifs is 1. The van der Waals surface area contributed by atoms with E-state index < -0.39 is 0 Å². The average molecular weight is 302 g/mol. The van der Waals surface area contributed by atoms with Crippen molar-refractivity contribution >= 4 is 18.8 Å². The predicted octanol–water partition coefficient (Wildman–Crippen LogP) is 6.14. The van der Waals surface area contributed by atoms with E-state index in [4.69, 9.17) is 0 Å². The molecule has 0 bridgehead atoms. The number of hydrogen-bond donors (Lipinski definition) is 0. The normalized spacial score (nSPS) is 18.4. The zero-order valence-electron chi connectivity index (χ0n) is 15.3. The van der Waals surface area contributed by atoms with Crippen LogP contribution in [-0.4, -0.2) is 11.3 Å². The molecule has 0 saturated carbocycles. The van der Waals surface area contributed by atoms with E-state index in [2.05, 4.69) is 68.4 Å². The van der Waals surface area contributed by atoms with Crippen LogP contribution in [0.4, 0.5) is 0 Å². The van der Waals surface area contributed by atoms with Gasteiger partial charge in [0.05, 0.1) is 0 Å². The van der Waals surface area contributed by atoms with Gasteiger partial charge in [-0.1, -0.05) is 54.2 Å². The molecular formula is C20H31P. The summed E-state index contributed by atoms with van der Waals surface area (Å²) >= 11 is 0. The molecule has 1 heteroatoms. The Morgan fingerprint density at radius 3 is 1.95 bits per heavy atom. The molecule has 1 unspecified atom stereocenters. The van der Waals surface area contributed by atoms with Gasteiger partial charge in [-0.15, -0.1) is 0 Å². The second-order valence-electron chi connectivity index (χ2n) is 7.25. The van der Waals surface area contributed by atoms with Crippen molar-refractivity contribution < 1.29 is 0 Å². The van der Waals surface area contributed by atoms with Crippen LogP contribution in [0.2, 0.25) is 0 Å². The van der Waals surface area contributed by atoms with Crippen molar-refractivity contribution in [2.75, 3.05) is 0 Å². The molecule has 1 aliphatic rings. The average Bonchev–Trinajstić information content (AvgIpc) is 2.60. The van der Waals surface area contributed by atoms with E-state index in [0.29, 0.717) is 5.92 Å². The van der Waals surface area contributed by atoms with E-state index >= 15 is 0 Å². The monoisotopic (exact) mass is 302 g/mol. The molecule has 1 atom stereocenters. The Morgan fingerprint density at radius 2 is 1.48 bits per heavy atom. The number of benzene rings is 1. The van der Waals surface area contributed by atoms with Crippen molar-refractivity contribution in [1.82, 2.24) is 0 Å². The number of hydrogen-bond acceptors (Lipinski definition) is 0. The summed E-state index contributed by atoms with van der Waals surface area (Å²) in [4.78, 5) is 0. The third-order valence-electron chi connectivity index (χ3n) is 5.25. The predicted molar refractivity (Wildman–Crippen MR) is 99.4 cm³/mol. The maximum Gasteiger partial charge on any atom is 0.00317 e. The van der Waals surface area contributed by atoms with Crippen molar-refractivity contribution in [2.24, 2.45) is 0 Å². The van der Waals surface area contributed by atoms with Gasteiger partial charge in [0, 0.05) is 5.92 Å². The summed E-state index contributed by atoms with van der Waals surface area (Å²) < 4.78 is 0. The van der Waals surface area contributed by atoms with Gasteiger partial charge in [0.15, 0.2) is 0 Å². The van der Waals surface area contributed by atoms with Crippen LogP contribution in [0.5, 0.6) is 0 Å². The summed E-state index contributed by atoms with van der Waals surface area (Å²) in [6.07, 6.45) is 0. The van der Waals surface area contributed by atoms with Gasteiger partial charge < -0.3 is 0 Å². The molecule has 0 aromatic heterocycles. The molecule has 0 spiro atoms. The Balaban J connectivity index is 2.72. The first-order chi connectivity index (χ1) is 9.68. The molecule has 0 N–H and O–H groups in total. The van der Waals surface area contributed by atoms with Gasteiger partial charge in [-0.2, -0.15) is 0 Å². The molecule has 0 nitrogen and oxygen atoms in total. The van der Waals surface area contributed by atoms with Crippen LogP contribution in [-0.2, 0) is 0 Å². The number of allylic oxidation sites excluding steroid dienone is 2. The first-order valence-corrected chi connectivity index (χ1v) is 9.76. The molecule has 0 radical (unpaired) electrons. The third-order valence-corrected chi connectivity index (χ3v) is 8.49. The van der Waals surface area contributed by atoms with Crippen molar-refractivity contribution in [3.8, 4) is 0 Å². The minimum atomic E-state index is -0.0875. The zero-order valence-corrected chi connectivity index (χ0v) is 16.2. The summed E-state index contributed by atoms with van der Waals surface area (Å²) in [5, 5.41) is 1.65. The standard InChI is InChI=1S/C20H31P/c1-11(2)21(12(3)4)18-10-13(5)19-15(7)14(6)16(8)20(19)17(18)9/h10-12,15H,1-9H3. The first kappa shape index (κ1) is 16.8. The fourth-order valence-electron chi connectivity index (χ4n) is 4.12. The quantitative estimate of drug-likeness (QED) is 0.588. The van der Waals surface area contributed by atoms with E-state index in [1.807, 2.05) is 0 Å². The summed E-state index contributed by atoms with van der Waals surface area (Å²) in [6.45, 7) is 21.3. The van der Waals surface area contributed by atoms with Gasteiger partial charge in [-0.05, 0) is 72.1 Å². The second-order valence-corrected chi connectivity index (χ2v) is 10.6. The Hall–Kier alpha value is -0.610. The minimum absolute atomic E-state index is 0.0875. The van der Waals surface area contributed by atoms with Crippen LogP contribution in [0, 0.1) is 13.8 Å². The Labute approximate surface area is 132 Å². The smallest absolute Gasteiger partial charge is 0.00317 e. The van der Waals surface area contributed by atoms with Crippen molar-refractivity contribution in [3.05, 3.63) is 33.9 Å². The summed E-state index contributed by atoms with van der Waals surface area (Å²) in [7, 11) is -0.0875. The van der Waals surface area contributed by atoms with Crippen LogP contribution in [0.15, 0.2) is 11.6 Å². The molecule has 0 heterocycles. The van der Waals surface area contributed by atoms with Gasteiger partial charge >= 0.3 is 0 Å². The van der Waals surface area contributed by atoms with Crippen LogP contribution in [0.1, 0.15) is 76.6 Å². The number of aryl methyl sites for hydroxylation is 1. The van der Waals surface area contributed by atoms with Gasteiger partial charge in [-0.3, -0.25) is 0 Å². The molecule has 0 fully saturated rings. The van der Waals surface area contributed by atoms with Gasteiger partial charge in [0.25, 0.3) is 0 Å². The molecule has 1 aliphatic carbocycles. The lowest BCUT2D eigenvalue weighted by Crippen LogP contribution is -2.20. The van der Waals surface area contributed by atoms with E-state index in [0.717, 1.165) is 11.3 Å². The molecule has 1 aromatic rings. The molecule has 0 amide bonds. The first-order valence-electron chi connectivity index (χ1n) is 8.28. The largest absolute Gasteiger partial charge is 0.0697 e. The highest BCUT2D eigenvalue weighted by molar-refractivity contribution is 7.67. The molecule has 21 heavy (non-hydrogen) atoms. The molecular weight excluding hydrogens is 271 g/mol. The van der Waals surface area contributed by atoms with Gasteiger partial charge in [0.1, 0.15) is 0 Å². The Morgan fingerprint density at radius 1 is 0.952 bits per heavy atom. The highest BCUT2D eigenvalue weighted by Crippen LogP contribution is 2.50. The molecule has 1 aromatic carbocycles. The van der Waals surface area contributed by atoms with E-state index in [9.17, 15) is 0 Å². The Kier molecular flexibility index (Phi) is 4.69.